The van der Waals surface area contributed by atoms with Crippen LogP contribution in [0.2, 0.25) is 10.0 Å². The van der Waals surface area contributed by atoms with Gasteiger partial charge in [-0.05, 0) is 67.8 Å². The maximum absolute atomic E-state index is 13.4. The van der Waals surface area contributed by atoms with Gasteiger partial charge < -0.3 is 0 Å². The molecule has 0 bridgehead atoms. The number of imide groups is 1. The smallest absolute Gasteiger partial charge is 0.268 e. The van der Waals surface area contributed by atoms with Gasteiger partial charge in [0.05, 0.1) is 21.2 Å². The van der Waals surface area contributed by atoms with Gasteiger partial charge in [-0.15, -0.1) is 0 Å². The van der Waals surface area contributed by atoms with E-state index < -0.39 is 11.8 Å². The fourth-order valence-electron chi connectivity index (χ4n) is 2.82. The number of amides is 2. The Morgan fingerprint density at radius 3 is 1.75 bits per heavy atom. The predicted octanol–water partition coefficient (Wildman–Crippen LogP) is 5.80. The highest BCUT2D eigenvalue weighted by Gasteiger charge is 2.30. The van der Waals surface area contributed by atoms with Crippen molar-refractivity contribution in [3.8, 4) is 0 Å². The summed E-state index contributed by atoms with van der Waals surface area (Å²) in [5.74, 6) is -0.882. The molecule has 3 rings (SSSR count). The third-order valence-electron chi connectivity index (χ3n) is 4.31. The zero-order chi connectivity index (χ0) is 20.4. The Balaban J connectivity index is 2.16. The van der Waals surface area contributed by atoms with E-state index in [0.29, 0.717) is 5.56 Å². The number of halogens is 2. The second-order valence-electron chi connectivity index (χ2n) is 6.56. The molecule has 0 aliphatic heterocycles. The van der Waals surface area contributed by atoms with Crippen LogP contribution in [0.5, 0.6) is 0 Å². The monoisotopic (exact) mass is 412 g/mol. The predicted molar refractivity (Wildman–Crippen MR) is 112 cm³/mol. The summed E-state index contributed by atoms with van der Waals surface area (Å²) in [6, 6.07) is 13.6. The molecule has 0 atom stereocenters. The number of nitrogens with zero attached hydrogens (tertiary/aromatic N) is 2. The molecule has 1 aromatic heterocycles. The first-order valence-corrected chi connectivity index (χ1v) is 9.38. The Bertz CT molecular complexity index is 1020. The average Bonchev–Trinajstić information content (AvgIpc) is 2.63. The van der Waals surface area contributed by atoms with Crippen molar-refractivity contribution < 1.29 is 9.59 Å². The van der Waals surface area contributed by atoms with Gasteiger partial charge in [-0.25, -0.2) is 9.88 Å². The van der Waals surface area contributed by atoms with Gasteiger partial charge in [-0.1, -0.05) is 41.4 Å². The van der Waals surface area contributed by atoms with Gasteiger partial charge in [0.2, 0.25) is 0 Å². The van der Waals surface area contributed by atoms with Gasteiger partial charge in [0.25, 0.3) is 11.8 Å². The number of carbonyl (C=O) groups is 2. The van der Waals surface area contributed by atoms with E-state index in [2.05, 4.69) is 4.98 Å². The number of aromatic nitrogens is 1. The molecule has 0 aliphatic carbocycles. The van der Waals surface area contributed by atoms with E-state index in [1.165, 1.54) is 6.20 Å². The Hall–Kier alpha value is -2.69. The topological polar surface area (TPSA) is 50.3 Å². The molecule has 28 heavy (non-hydrogen) atoms. The highest BCUT2D eigenvalue weighted by Crippen LogP contribution is 2.27. The van der Waals surface area contributed by atoms with Gasteiger partial charge in [-0.3, -0.25) is 9.59 Å². The Kier molecular flexibility index (Phi) is 5.82. The number of hydrogen-bond acceptors (Lipinski definition) is 3. The zero-order valence-corrected chi connectivity index (χ0v) is 17.2. The van der Waals surface area contributed by atoms with Crippen molar-refractivity contribution in [3.05, 3.63) is 92.6 Å². The molecule has 1 heterocycles. The largest absolute Gasteiger partial charge is 0.268 e. The number of aryl methyl sites for hydroxylation is 3. The number of rotatable bonds is 3. The molecule has 0 radical (unpaired) electrons. The lowest BCUT2D eigenvalue weighted by molar-refractivity contribution is 0.0896. The molecule has 6 heteroatoms. The molecule has 2 amide bonds. The third-order valence-corrected chi connectivity index (χ3v) is 4.94. The van der Waals surface area contributed by atoms with Crippen LogP contribution in [-0.2, 0) is 0 Å². The van der Waals surface area contributed by atoms with Crippen LogP contribution < -0.4 is 4.90 Å². The summed E-state index contributed by atoms with van der Waals surface area (Å²) < 4.78 is 0. The number of hydrogen-bond donors (Lipinski definition) is 0. The summed E-state index contributed by atoms with van der Waals surface area (Å²) >= 11 is 12.6. The lowest BCUT2D eigenvalue weighted by atomic mass is 10.1. The number of anilines is 1. The van der Waals surface area contributed by atoms with E-state index in [1.807, 2.05) is 13.8 Å². The molecule has 0 fully saturated rings. The highest BCUT2D eigenvalue weighted by molar-refractivity contribution is 6.39. The van der Waals surface area contributed by atoms with E-state index in [1.54, 1.807) is 55.5 Å². The second-order valence-corrected chi connectivity index (χ2v) is 7.37. The minimum atomic E-state index is -0.562. The van der Waals surface area contributed by atoms with Gasteiger partial charge in [-0.2, -0.15) is 0 Å². The first-order valence-electron chi connectivity index (χ1n) is 8.62. The molecular formula is C22H18Cl2N2O2. The minimum Gasteiger partial charge on any atom is -0.268 e. The van der Waals surface area contributed by atoms with Crippen molar-refractivity contribution in [2.75, 3.05) is 4.90 Å². The summed E-state index contributed by atoms with van der Waals surface area (Å²) in [6.07, 6.45) is 1.53. The molecule has 142 valence electrons. The minimum absolute atomic E-state index is 0.217. The molecule has 2 aromatic carbocycles. The lowest BCUT2D eigenvalue weighted by Crippen LogP contribution is -2.38. The quantitative estimate of drug-likeness (QED) is 0.510. The zero-order valence-electron chi connectivity index (χ0n) is 15.7. The van der Waals surface area contributed by atoms with Crippen molar-refractivity contribution >= 4 is 40.8 Å². The van der Waals surface area contributed by atoms with Crippen molar-refractivity contribution in [2.45, 2.75) is 20.8 Å². The van der Waals surface area contributed by atoms with Crippen LogP contribution in [0.15, 0.2) is 54.7 Å². The first kappa shape index (κ1) is 20.1. The number of benzene rings is 2. The highest BCUT2D eigenvalue weighted by atomic mass is 35.5. The summed E-state index contributed by atoms with van der Waals surface area (Å²) in [7, 11) is 0. The lowest BCUT2D eigenvalue weighted by Gasteiger charge is -2.23. The van der Waals surface area contributed by atoms with Crippen LogP contribution in [-0.4, -0.2) is 16.8 Å². The summed E-state index contributed by atoms with van der Waals surface area (Å²) in [6.45, 7) is 5.53. The summed E-state index contributed by atoms with van der Waals surface area (Å²) in [4.78, 5) is 32.0. The van der Waals surface area contributed by atoms with Crippen LogP contribution in [0.1, 0.15) is 37.4 Å². The first-order chi connectivity index (χ1) is 13.3. The van der Waals surface area contributed by atoms with E-state index in [0.717, 1.165) is 16.0 Å². The maximum atomic E-state index is 13.4. The molecule has 0 saturated carbocycles. The fourth-order valence-corrected chi connectivity index (χ4v) is 3.46. The van der Waals surface area contributed by atoms with E-state index in [9.17, 15) is 9.59 Å². The SMILES string of the molecule is Cc1ccc(C(=O)N(C(=O)c2ccc(C)cc2Cl)c2ncccc2C)c(Cl)c1. The van der Waals surface area contributed by atoms with Crippen LogP contribution in [0.25, 0.3) is 0 Å². The van der Waals surface area contributed by atoms with Crippen LogP contribution in [0.3, 0.4) is 0 Å². The van der Waals surface area contributed by atoms with Crippen molar-refractivity contribution in [2.24, 2.45) is 0 Å². The average molecular weight is 413 g/mol. The second kappa shape index (κ2) is 8.13. The van der Waals surface area contributed by atoms with E-state index in [4.69, 9.17) is 23.2 Å². The van der Waals surface area contributed by atoms with Crippen LogP contribution >= 0.6 is 23.2 Å². The Morgan fingerprint density at radius 2 is 1.32 bits per heavy atom. The number of pyridine rings is 1. The van der Waals surface area contributed by atoms with E-state index >= 15 is 0 Å². The molecule has 3 aromatic rings. The number of carbonyl (C=O) groups excluding carboxylic acids is 2. The normalized spacial score (nSPS) is 10.6. The Morgan fingerprint density at radius 1 is 0.821 bits per heavy atom. The molecule has 4 nitrogen and oxygen atoms in total. The molecular weight excluding hydrogens is 395 g/mol. The van der Waals surface area contributed by atoms with Crippen molar-refractivity contribution in [1.82, 2.24) is 4.98 Å². The molecule has 0 saturated heterocycles. The maximum Gasteiger partial charge on any atom is 0.268 e. The summed E-state index contributed by atoms with van der Waals surface area (Å²) in [5, 5.41) is 0.540. The van der Waals surface area contributed by atoms with Gasteiger partial charge in [0.15, 0.2) is 0 Å². The molecule has 0 aliphatic rings. The van der Waals surface area contributed by atoms with Crippen LogP contribution in [0, 0.1) is 20.8 Å². The fraction of sp³-hybridized carbons (Fsp3) is 0.136. The molecule has 0 unspecified atom stereocenters. The van der Waals surface area contributed by atoms with Gasteiger partial charge >= 0.3 is 0 Å². The Labute approximate surface area is 173 Å². The molecule has 0 N–H and O–H groups in total. The van der Waals surface area contributed by atoms with E-state index in [-0.39, 0.29) is 27.0 Å². The van der Waals surface area contributed by atoms with Crippen LogP contribution in [0.4, 0.5) is 5.82 Å². The van der Waals surface area contributed by atoms with Gasteiger partial charge in [0.1, 0.15) is 5.82 Å². The van der Waals surface area contributed by atoms with Gasteiger partial charge in [0, 0.05) is 6.20 Å². The third kappa shape index (κ3) is 3.93. The standard InChI is InChI=1S/C22H18Cl2N2O2/c1-13-6-8-16(18(23)11-13)21(27)26(20-15(3)5-4-10-25-20)22(28)17-9-7-14(2)12-19(17)24/h4-12H,1-3H3. The summed E-state index contributed by atoms with van der Waals surface area (Å²) in [5.41, 5.74) is 2.93. The van der Waals surface area contributed by atoms with Crippen molar-refractivity contribution in [3.63, 3.8) is 0 Å². The van der Waals surface area contributed by atoms with Crippen molar-refractivity contribution in [1.29, 1.82) is 0 Å². The molecule has 0 spiro atoms.